The zero-order valence-electron chi connectivity index (χ0n) is 15.7. The van der Waals surface area contributed by atoms with Crippen molar-refractivity contribution in [3.8, 4) is 17.3 Å². The molecule has 1 aromatic carbocycles. The molecule has 0 radical (unpaired) electrons. The first-order chi connectivity index (χ1) is 14.0. The molecule has 0 unspecified atom stereocenters. The zero-order valence-corrected chi connectivity index (χ0v) is 16.5. The standard InChI is InChI=1S/C18H18N6O4S/c1-12-17(13(2)28-23-12)29(25,26)19-10-11-27-16-9-8-15-20-21-18(24(15)22-16)14-6-4-3-5-7-14/h3-9,19H,10-11H2,1-2H3. The number of sulfonamides is 1. The number of hydrogen-bond acceptors (Lipinski definition) is 8. The van der Waals surface area contributed by atoms with Crippen LogP contribution in [0.5, 0.6) is 5.88 Å². The van der Waals surface area contributed by atoms with Crippen LogP contribution in [0.25, 0.3) is 17.0 Å². The number of benzene rings is 1. The van der Waals surface area contributed by atoms with Crippen LogP contribution < -0.4 is 9.46 Å². The minimum atomic E-state index is -3.73. The molecule has 0 aliphatic heterocycles. The van der Waals surface area contributed by atoms with Crippen molar-refractivity contribution in [2.24, 2.45) is 0 Å². The number of nitrogens with one attached hydrogen (secondary N) is 1. The van der Waals surface area contributed by atoms with E-state index in [2.05, 4.69) is 25.2 Å². The van der Waals surface area contributed by atoms with Crippen LogP contribution in [0.3, 0.4) is 0 Å². The van der Waals surface area contributed by atoms with E-state index < -0.39 is 10.0 Å². The van der Waals surface area contributed by atoms with Gasteiger partial charge in [-0.1, -0.05) is 35.5 Å². The molecular formula is C18H18N6O4S. The van der Waals surface area contributed by atoms with Crippen molar-refractivity contribution in [3.63, 3.8) is 0 Å². The highest BCUT2D eigenvalue weighted by molar-refractivity contribution is 7.89. The lowest BCUT2D eigenvalue weighted by Crippen LogP contribution is -2.29. The highest BCUT2D eigenvalue weighted by Gasteiger charge is 2.23. The average Bonchev–Trinajstić information content (AvgIpc) is 3.28. The van der Waals surface area contributed by atoms with Gasteiger partial charge in [0.25, 0.3) is 0 Å². The fourth-order valence-corrected chi connectivity index (χ4v) is 4.22. The van der Waals surface area contributed by atoms with Crippen molar-refractivity contribution in [2.75, 3.05) is 13.2 Å². The van der Waals surface area contributed by atoms with E-state index in [1.807, 2.05) is 30.3 Å². The van der Waals surface area contributed by atoms with E-state index in [4.69, 9.17) is 9.26 Å². The number of nitrogens with zero attached hydrogens (tertiary/aromatic N) is 5. The predicted octanol–water partition coefficient (Wildman–Crippen LogP) is 1.75. The van der Waals surface area contributed by atoms with Crippen LogP contribution in [-0.4, -0.2) is 46.5 Å². The summed E-state index contributed by atoms with van der Waals surface area (Å²) in [6.45, 7) is 3.27. The molecule has 3 aromatic heterocycles. The molecule has 0 aliphatic rings. The van der Waals surface area contributed by atoms with Crippen LogP contribution in [0, 0.1) is 13.8 Å². The lowest BCUT2D eigenvalue weighted by Gasteiger charge is -2.08. The topological polar surface area (TPSA) is 125 Å². The molecular weight excluding hydrogens is 396 g/mol. The Bertz CT molecular complexity index is 1230. The first kappa shape index (κ1) is 19.0. The van der Waals surface area contributed by atoms with Gasteiger partial charge in [0.05, 0.1) is 0 Å². The van der Waals surface area contributed by atoms with Gasteiger partial charge in [-0.05, 0) is 19.9 Å². The van der Waals surface area contributed by atoms with Crippen LogP contribution in [-0.2, 0) is 10.0 Å². The van der Waals surface area contributed by atoms with Gasteiger partial charge in [0, 0.05) is 18.2 Å². The molecule has 4 rings (SSSR count). The second-order valence-corrected chi connectivity index (χ2v) is 7.93. The minimum Gasteiger partial charge on any atom is -0.475 e. The SMILES string of the molecule is Cc1noc(C)c1S(=O)(=O)NCCOc1ccc2nnc(-c3ccccc3)n2n1. The van der Waals surface area contributed by atoms with E-state index >= 15 is 0 Å². The van der Waals surface area contributed by atoms with Gasteiger partial charge in [-0.15, -0.1) is 15.3 Å². The maximum absolute atomic E-state index is 12.4. The van der Waals surface area contributed by atoms with Crippen LogP contribution in [0.2, 0.25) is 0 Å². The fourth-order valence-electron chi connectivity index (χ4n) is 2.88. The van der Waals surface area contributed by atoms with Gasteiger partial charge in [0.15, 0.2) is 17.2 Å². The molecule has 10 nitrogen and oxygen atoms in total. The van der Waals surface area contributed by atoms with Crippen molar-refractivity contribution in [1.82, 2.24) is 29.7 Å². The van der Waals surface area contributed by atoms with E-state index in [-0.39, 0.29) is 23.8 Å². The van der Waals surface area contributed by atoms with Crippen molar-refractivity contribution in [1.29, 1.82) is 0 Å². The van der Waals surface area contributed by atoms with Gasteiger partial charge in [0.1, 0.15) is 17.2 Å². The van der Waals surface area contributed by atoms with Crippen molar-refractivity contribution in [2.45, 2.75) is 18.7 Å². The first-order valence-electron chi connectivity index (χ1n) is 8.79. The maximum Gasteiger partial charge on any atom is 0.246 e. The third-order valence-corrected chi connectivity index (χ3v) is 5.86. The Hall–Kier alpha value is -3.31. The summed E-state index contributed by atoms with van der Waals surface area (Å²) in [7, 11) is -3.73. The summed E-state index contributed by atoms with van der Waals surface area (Å²) in [4.78, 5) is 0.0500. The molecule has 0 atom stereocenters. The van der Waals surface area contributed by atoms with Crippen LogP contribution >= 0.6 is 0 Å². The van der Waals surface area contributed by atoms with E-state index in [0.717, 1.165) is 5.56 Å². The van der Waals surface area contributed by atoms with Gasteiger partial charge in [-0.2, -0.15) is 4.52 Å². The third kappa shape index (κ3) is 3.82. The zero-order chi connectivity index (χ0) is 20.4. The highest BCUT2D eigenvalue weighted by Crippen LogP contribution is 2.19. The van der Waals surface area contributed by atoms with Gasteiger partial charge in [0.2, 0.25) is 15.9 Å². The van der Waals surface area contributed by atoms with E-state index in [9.17, 15) is 8.42 Å². The van der Waals surface area contributed by atoms with E-state index in [1.54, 1.807) is 30.5 Å². The molecule has 150 valence electrons. The Labute approximate surface area is 166 Å². The van der Waals surface area contributed by atoms with Gasteiger partial charge in [-0.3, -0.25) is 0 Å². The molecule has 11 heteroatoms. The quantitative estimate of drug-likeness (QED) is 0.454. The number of rotatable bonds is 7. The van der Waals surface area contributed by atoms with Gasteiger partial charge >= 0.3 is 0 Å². The van der Waals surface area contributed by atoms with Crippen LogP contribution in [0.1, 0.15) is 11.5 Å². The lowest BCUT2D eigenvalue weighted by atomic mass is 10.2. The minimum absolute atomic E-state index is 0.0500. The third-order valence-electron chi connectivity index (χ3n) is 4.15. The smallest absolute Gasteiger partial charge is 0.246 e. The Morgan fingerprint density at radius 2 is 1.90 bits per heavy atom. The molecule has 0 saturated carbocycles. The lowest BCUT2D eigenvalue weighted by molar-refractivity contribution is 0.306. The molecule has 29 heavy (non-hydrogen) atoms. The molecule has 0 bridgehead atoms. The normalized spacial score (nSPS) is 11.8. The predicted molar refractivity (Wildman–Crippen MR) is 103 cm³/mol. The summed E-state index contributed by atoms with van der Waals surface area (Å²) >= 11 is 0. The van der Waals surface area contributed by atoms with Gasteiger partial charge in [-0.25, -0.2) is 13.1 Å². The Kier molecular flexibility index (Phi) is 4.99. The van der Waals surface area contributed by atoms with Crippen molar-refractivity contribution >= 4 is 15.7 Å². The second-order valence-electron chi connectivity index (χ2n) is 6.23. The molecule has 0 spiro atoms. The molecule has 0 saturated heterocycles. The number of fused-ring (bicyclic) bond motifs is 1. The molecule has 0 amide bonds. The number of aryl methyl sites for hydroxylation is 2. The Morgan fingerprint density at radius 3 is 2.62 bits per heavy atom. The largest absolute Gasteiger partial charge is 0.475 e. The number of hydrogen-bond donors (Lipinski definition) is 1. The number of ether oxygens (including phenoxy) is 1. The highest BCUT2D eigenvalue weighted by atomic mass is 32.2. The first-order valence-corrected chi connectivity index (χ1v) is 10.3. The molecule has 3 heterocycles. The summed E-state index contributed by atoms with van der Waals surface area (Å²) in [5.41, 5.74) is 1.76. The van der Waals surface area contributed by atoms with Crippen LogP contribution in [0.4, 0.5) is 0 Å². The van der Waals surface area contributed by atoms with Crippen molar-refractivity contribution < 1.29 is 17.7 Å². The number of aromatic nitrogens is 5. The maximum atomic E-state index is 12.4. The molecule has 0 aliphatic carbocycles. The molecule has 1 N–H and O–H groups in total. The van der Waals surface area contributed by atoms with E-state index in [0.29, 0.717) is 23.0 Å². The van der Waals surface area contributed by atoms with E-state index in [1.165, 1.54) is 0 Å². The monoisotopic (exact) mass is 414 g/mol. The summed E-state index contributed by atoms with van der Waals surface area (Å²) in [5, 5.41) is 16.3. The fraction of sp³-hybridized carbons (Fsp3) is 0.222. The van der Waals surface area contributed by atoms with Gasteiger partial charge < -0.3 is 9.26 Å². The second kappa shape index (κ2) is 7.60. The van der Waals surface area contributed by atoms with Crippen molar-refractivity contribution in [3.05, 3.63) is 53.9 Å². The Balaban J connectivity index is 1.44. The molecule has 0 fully saturated rings. The summed E-state index contributed by atoms with van der Waals surface area (Å²) in [5.74, 6) is 1.15. The van der Waals surface area contributed by atoms with Crippen LogP contribution in [0.15, 0.2) is 51.9 Å². The average molecular weight is 414 g/mol. The Morgan fingerprint density at radius 1 is 1.10 bits per heavy atom. The summed E-state index contributed by atoms with van der Waals surface area (Å²) in [6.07, 6.45) is 0. The summed E-state index contributed by atoms with van der Waals surface area (Å²) < 4.78 is 39.3. The molecule has 4 aromatic rings. The summed E-state index contributed by atoms with van der Waals surface area (Å²) in [6, 6.07) is 12.9.